The highest BCUT2D eigenvalue weighted by atomic mass is 16.5. The molecule has 1 saturated heterocycles. The van der Waals surface area contributed by atoms with Crippen molar-refractivity contribution in [1.29, 1.82) is 0 Å². The number of amides is 1. The number of morpholine rings is 1. The lowest BCUT2D eigenvalue weighted by Gasteiger charge is -2.42. The van der Waals surface area contributed by atoms with E-state index in [1.54, 1.807) is 0 Å². The third kappa shape index (κ3) is 4.50. The van der Waals surface area contributed by atoms with Gasteiger partial charge >= 0.3 is 0 Å². The molecule has 2 fully saturated rings. The molecule has 1 aliphatic carbocycles. The first-order chi connectivity index (χ1) is 12.2. The van der Waals surface area contributed by atoms with E-state index in [0.29, 0.717) is 6.54 Å². The predicted octanol–water partition coefficient (Wildman–Crippen LogP) is 1.95. The molecule has 1 amide bonds. The van der Waals surface area contributed by atoms with Gasteiger partial charge in [0.05, 0.1) is 13.2 Å². The number of anilines is 1. The van der Waals surface area contributed by atoms with Gasteiger partial charge in [0.25, 0.3) is 0 Å². The zero-order valence-electron chi connectivity index (χ0n) is 15.2. The van der Waals surface area contributed by atoms with Crippen molar-refractivity contribution in [1.82, 2.24) is 15.2 Å². The van der Waals surface area contributed by atoms with Crippen LogP contribution in [0, 0.1) is 6.92 Å². The fourth-order valence-corrected chi connectivity index (χ4v) is 3.88. The Morgan fingerprint density at radius 2 is 2.00 bits per heavy atom. The van der Waals surface area contributed by atoms with Crippen molar-refractivity contribution in [2.45, 2.75) is 44.6 Å². The molecule has 0 radical (unpaired) electrons. The monoisotopic (exact) mass is 346 g/mol. The topological polar surface area (TPSA) is 66.5 Å². The van der Waals surface area contributed by atoms with Crippen molar-refractivity contribution in [2.75, 3.05) is 44.7 Å². The molecule has 0 spiro atoms. The lowest BCUT2D eigenvalue weighted by molar-refractivity contribution is -0.136. The lowest BCUT2D eigenvalue weighted by Crippen LogP contribution is -2.60. The first-order valence-corrected chi connectivity index (χ1v) is 9.48. The highest BCUT2D eigenvalue weighted by Crippen LogP contribution is 2.36. The van der Waals surface area contributed by atoms with Gasteiger partial charge in [-0.15, -0.1) is 0 Å². The number of nitrogens with one attached hydrogen (secondary N) is 2. The van der Waals surface area contributed by atoms with Crippen molar-refractivity contribution in [3.8, 4) is 0 Å². The van der Waals surface area contributed by atoms with Crippen molar-refractivity contribution in [3.63, 3.8) is 0 Å². The molecule has 0 atom stereocenters. The maximum absolute atomic E-state index is 12.9. The molecule has 6 heteroatoms. The highest BCUT2D eigenvalue weighted by Gasteiger charge is 2.46. The molecule has 1 aliphatic heterocycles. The van der Waals surface area contributed by atoms with Crippen molar-refractivity contribution >= 4 is 11.7 Å². The Hall–Kier alpha value is -1.66. The van der Waals surface area contributed by atoms with E-state index in [1.165, 1.54) is 0 Å². The maximum atomic E-state index is 12.9. The largest absolute Gasteiger partial charge is 0.379 e. The minimum Gasteiger partial charge on any atom is -0.379 e. The summed E-state index contributed by atoms with van der Waals surface area (Å²) < 4.78 is 5.46. The second-order valence-corrected chi connectivity index (χ2v) is 7.10. The molecule has 0 aromatic carbocycles. The number of aromatic nitrogens is 1. The summed E-state index contributed by atoms with van der Waals surface area (Å²) in [5.41, 5.74) is 0.859. The molecule has 2 N–H and O–H groups in total. The van der Waals surface area contributed by atoms with E-state index in [0.717, 1.165) is 76.3 Å². The number of carbonyl (C=O) groups excluding carboxylic acids is 1. The Labute approximate surface area is 150 Å². The van der Waals surface area contributed by atoms with Crippen LogP contribution in [-0.2, 0) is 9.53 Å². The zero-order valence-corrected chi connectivity index (χ0v) is 15.2. The molecule has 2 aliphatic rings. The SMILES string of the molecule is Cc1ccc(NCCCNC(=O)C2(N3CCOCC3)CCCC2)nc1. The predicted molar refractivity (Wildman–Crippen MR) is 98.7 cm³/mol. The smallest absolute Gasteiger partial charge is 0.240 e. The lowest BCUT2D eigenvalue weighted by atomic mass is 9.93. The van der Waals surface area contributed by atoms with E-state index in [2.05, 4.69) is 20.5 Å². The van der Waals surface area contributed by atoms with Crippen LogP contribution in [0.15, 0.2) is 18.3 Å². The third-order valence-corrected chi connectivity index (χ3v) is 5.33. The fourth-order valence-electron chi connectivity index (χ4n) is 3.88. The maximum Gasteiger partial charge on any atom is 0.240 e. The minimum absolute atomic E-state index is 0.209. The first kappa shape index (κ1) is 18.1. The van der Waals surface area contributed by atoms with Gasteiger partial charge in [-0.2, -0.15) is 0 Å². The summed E-state index contributed by atoms with van der Waals surface area (Å²) in [6.45, 7) is 6.75. The van der Waals surface area contributed by atoms with Gasteiger partial charge in [-0.25, -0.2) is 4.98 Å². The van der Waals surface area contributed by atoms with Gasteiger partial charge in [-0.1, -0.05) is 18.9 Å². The average molecular weight is 346 g/mol. The summed E-state index contributed by atoms with van der Waals surface area (Å²) in [6, 6.07) is 4.03. The molecule has 1 saturated carbocycles. The Morgan fingerprint density at radius 3 is 2.68 bits per heavy atom. The summed E-state index contributed by atoms with van der Waals surface area (Å²) >= 11 is 0. The molecule has 138 valence electrons. The second kappa shape index (κ2) is 8.63. The van der Waals surface area contributed by atoms with Gasteiger partial charge in [0.15, 0.2) is 0 Å². The first-order valence-electron chi connectivity index (χ1n) is 9.48. The van der Waals surface area contributed by atoms with E-state index < -0.39 is 0 Å². The van der Waals surface area contributed by atoms with Crippen LogP contribution < -0.4 is 10.6 Å². The average Bonchev–Trinajstić information content (AvgIpc) is 3.15. The molecule has 1 aromatic rings. The molecular formula is C19H30N4O2. The van der Waals surface area contributed by atoms with Crippen LogP contribution in [0.25, 0.3) is 0 Å². The highest BCUT2D eigenvalue weighted by molar-refractivity contribution is 5.86. The van der Waals surface area contributed by atoms with Crippen molar-refractivity contribution in [2.24, 2.45) is 0 Å². The van der Waals surface area contributed by atoms with Crippen LogP contribution in [0.3, 0.4) is 0 Å². The zero-order chi connectivity index (χ0) is 17.5. The second-order valence-electron chi connectivity index (χ2n) is 7.10. The quantitative estimate of drug-likeness (QED) is 0.739. The number of ether oxygens (including phenoxy) is 1. The number of pyridine rings is 1. The molecular weight excluding hydrogens is 316 g/mol. The number of rotatable bonds is 7. The summed E-state index contributed by atoms with van der Waals surface area (Å²) in [7, 11) is 0. The van der Waals surface area contributed by atoms with Gasteiger partial charge in [-0.05, 0) is 37.8 Å². The van der Waals surface area contributed by atoms with Gasteiger partial charge in [0, 0.05) is 32.4 Å². The van der Waals surface area contributed by atoms with E-state index >= 15 is 0 Å². The standard InChI is InChI=1S/C19H30N4O2/c1-16-5-6-17(22-15-16)20-9-4-10-21-18(24)19(7-2-3-8-19)23-11-13-25-14-12-23/h5-6,15H,2-4,7-14H2,1H3,(H,20,22)(H,21,24). The molecule has 2 heterocycles. The minimum atomic E-state index is -0.296. The molecule has 1 aromatic heterocycles. The summed E-state index contributed by atoms with van der Waals surface area (Å²) in [5.74, 6) is 1.10. The number of carbonyl (C=O) groups is 1. The Morgan fingerprint density at radius 1 is 1.24 bits per heavy atom. The molecule has 6 nitrogen and oxygen atoms in total. The van der Waals surface area contributed by atoms with E-state index in [4.69, 9.17) is 4.74 Å². The normalized spacial score (nSPS) is 20.4. The van der Waals surface area contributed by atoms with Gasteiger partial charge in [0.1, 0.15) is 11.4 Å². The van der Waals surface area contributed by atoms with Crippen molar-refractivity contribution in [3.05, 3.63) is 23.9 Å². The Balaban J connectivity index is 1.43. The van der Waals surface area contributed by atoms with E-state index in [-0.39, 0.29) is 11.4 Å². The number of aryl methyl sites for hydroxylation is 1. The Bertz CT molecular complexity index is 549. The van der Waals surface area contributed by atoms with Crippen LogP contribution in [0.1, 0.15) is 37.7 Å². The molecule has 25 heavy (non-hydrogen) atoms. The number of hydrogen-bond acceptors (Lipinski definition) is 5. The Kier molecular flexibility index (Phi) is 6.26. The summed E-state index contributed by atoms with van der Waals surface area (Å²) in [5, 5.41) is 6.47. The van der Waals surface area contributed by atoms with Crippen LogP contribution in [-0.4, -0.2) is 60.7 Å². The number of nitrogens with zero attached hydrogens (tertiary/aromatic N) is 2. The van der Waals surface area contributed by atoms with Crippen LogP contribution >= 0.6 is 0 Å². The molecule has 0 bridgehead atoms. The third-order valence-electron chi connectivity index (χ3n) is 5.33. The summed E-state index contributed by atoms with van der Waals surface area (Å²) in [6.07, 6.45) is 6.99. The summed E-state index contributed by atoms with van der Waals surface area (Å²) in [4.78, 5) is 19.6. The van der Waals surface area contributed by atoms with E-state index in [1.807, 2.05) is 25.3 Å². The van der Waals surface area contributed by atoms with Crippen LogP contribution in [0.5, 0.6) is 0 Å². The molecule has 0 unspecified atom stereocenters. The van der Waals surface area contributed by atoms with Gasteiger partial charge in [-0.3, -0.25) is 9.69 Å². The van der Waals surface area contributed by atoms with E-state index in [9.17, 15) is 4.79 Å². The fraction of sp³-hybridized carbons (Fsp3) is 0.684. The van der Waals surface area contributed by atoms with Crippen LogP contribution in [0.4, 0.5) is 5.82 Å². The number of hydrogen-bond donors (Lipinski definition) is 2. The molecule has 3 rings (SSSR count). The van der Waals surface area contributed by atoms with Gasteiger partial charge < -0.3 is 15.4 Å². The van der Waals surface area contributed by atoms with Crippen LogP contribution in [0.2, 0.25) is 0 Å². The van der Waals surface area contributed by atoms with Gasteiger partial charge in [0.2, 0.25) is 5.91 Å². The van der Waals surface area contributed by atoms with Crippen molar-refractivity contribution < 1.29 is 9.53 Å².